The fraction of sp³-hybridized carbons (Fsp3) is 0.250. The van der Waals surface area contributed by atoms with Crippen LogP contribution in [0.5, 0.6) is 17.2 Å². The number of benzene rings is 2. The zero-order valence-electron chi connectivity index (χ0n) is 16.5. The van der Waals surface area contributed by atoms with Crippen molar-refractivity contribution in [3.63, 3.8) is 0 Å². The Hall–Kier alpha value is -3.55. The number of hydrogen-bond acceptors (Lipinski definition) is 6. The Kier molecular flexibility index (Phi) is 6.97. The van der Waals surface area contributed by atoms with E-state index in [1.807, 2.05) is 26.0 Å². The molecule has 2 aromatic carbocycles. The number of nitrogens with zero attached hydrogens (tertiary/aromatic N) is 1. The van der Waals surface area contributed by atoms with Gasteiger partial charge in [0.1, 0.15) is 0 Å². The number of anilines is 1. The van der Waals surface area contributed by atoms with Gasteiger partial charge in [-0.15, -0.1) is 0 Å². The Bertz CT molecular complexity index is 884. The van der Waals surface area contributed by atoms with Gasteiger partial charge in [-0.3, -0.25) is 9.59 Å². The third kappa shape index (κ3) is 5.00. The predicted molar refractivity (Wildman–Crippen MR) is 106 cm³/mol. The van der Waals surface area contributed by atoms with Crippen molar-refractivity contribution >= 4 is 23.7 Å². The molecule has 8 heteroatoms. The summed E-state index contributed by atoms with van der Waals surface area (Å²) >= 11 is 0. The summed E-state index contributed by atoms with van der Waals surface area (Å²) in [5.74, 6) is -0.357. The Morgan fingerprint density at radius 1 is 0.929 bits per heavy atom. The summed E-state index contributed by atoms with van der Waals surface area (Å²) in [6.07, 6.45) is 1.37. The molecule has 0 saturated heterocycles. The lowest BCUT2D eigenvalue weighted by Gasteiger charge is -2.12. The predicted octanol–water partition coefficient (Wildman–Crippen LogP) is 2.42. The highest BCUT2D eigenvalue weighted by molar-refractivity contribution is 6.39. The van der Waals surface area contributed by atoms with Crippen LogP contribution in [-0.4, -0.2) is 39.4 Å². The van der Waals surface area contributed by atoms with Gasteiger partial charge in [0.05, 0.1) is 27.5 Å². The van der Waals surface area contributed by atoms with Crippen molar-refractivity contribution in [2.24, 2.45) is 5.10 Å². The van der Waals surface area contributed by atoms with Crippen molar-refractivity contribution < 1.29 is 23.8 Å². The average molecular weight is 385 g/mol. The van der Waals surface area contributed by atoms with Crippen LogP contribution >= 0.6 is 0 Å². The molecule has 0 aliphatic carbocycles. The Morgan fingerprint density at radius 2 is 1.57 bits per heavy atom. The molecule has 2 aromatic rings. The molecule has 148 valence electrons. The second-order valence-corrected chi connectivity index (χ2v) is 5.93. The summed E-state index contributed by atoms with van der Waals surface area (Å²) in [4.78, 5) is 24.0. The van der Waals surface area contributed by atoms with Crippen molar-refractivity contribution in [3.8, 4) is 17.2 Å². The molecule has 0 aliphatic rings. The first-order valence-electron chi connectivity index (χ1n) is 8.41. The first kappa shape index (κ1) is 20.8. The van der Waals surface area contributed by atoms with Gasteiger partial charge in [0.2, 0.25) is 5.75 Å². The molecule has 0 aromatic heterocycles. The van der Waals surface area contributed by atoms with Gasteiger partial charge in [-0.2, -0.15) is 5.10 Å². The fourth-order valence-corrected chi connectivity index (χ4v) is 2.44. The number of ether oxygens (including phenoxy) is 3. The molecule has 0 aliphatic heterocycles. The van der Waals surface area contributed by atoms with Crippen LogP contribution < -0.4 is 25.0 Å². The second-order valence-electron chi connectivity index (χ2n) is 5.93. The monoisotopic (exact) mass is 385 g/mol. The number of nitrogens with one attached hydrogen (secondary N) is 2. The van der Waals surface area contributed by atoms with Crippen LogP contribution in [0.1, 0.15) is 16.7 Å². The van der Waals surface area contributed by atoms with E-state index in [-0.39, 0.29) is 0 Å². The molecular weight excluding hydrogens is 362 g/mol. The third-order valence-corrected chi connectivity index (χ3v) is 3.91. The first-order chi connectivity index (χ1) is 13.4. The number of carbonyl (C=O) groups is 2. The van der Waals surface area contributed by atoms with Crippen molar-refractivity contribution in [1.29, 1.82) is 0 Å². The summed E-state index contributed by atoms with van der Waals surface area (Å²) in [7, 11) is 4.50. The summed E-state index contributed by atoms with van der Waals surface area (Å²) in [6.45, 7) is 3.74. The molecule has 2 amide bonds. The van der Waals surface area contributed by atoms with Gasteiger partial charge in [-0.05, 0) is 43.2 Å². The minimum atomic E-state index is -0.885. The molecule has 0 heterocycles. The van der Waals surface area contributed by atoms with Gasteiger partial charge in [0, 0.05) is 11.3 Å². The normalized spacial score (nSPS) is 10.5. The number of carbonyl (C=O) groups excluding carboxylic acids is 2. The lowest BCUT2D eigenvalue weighted by atomic mass is 10.1. The van der Waals surface area contributed by atoms with Gasteiger partial charge >= 0.3 is 11.8 Å². The molecule has 2 N–H and O–H groups in total. The number of hydrogen-bond donors (Lipinski definition) is 2. The highest BCUT2D eigenvalue weighted by Gasteiger charge is 2.15. The molecule has 8 nitrogen and oxygen atoms in total. The maximum absolute atomic E-state index is 12.0. The van der Waals surface area contributed by atoms with Crippen LogP contribution in [0.2, 0.25) is 0 Å². The maximum Gasteiger partial charge on any atom is 0.329 e. The zero-order chi connectivity index (χ0) is 20.7. The minimum Gasteiger partial charge on any atom is -0.493 e. The summed E-state index contributed by atoms with van der Waals surface area (Å²) < 4.78 is 15.8. The molecule has 2 rings (SSSR count). The second kappa shape index (κ2) is 9.40. The number of amides is 2. The molecule has 0 radical (unpaired) electrons. The summed E-state index contributed by atoms with van der Waals surface area (Å²) in [5, 5.41) is 6.38. The molecule has 0 saturated carbocycles. The molecule has 0 bridgehead atoms. The Labute approximate surface area is 163 Å². The highest BCUT2D eigenvalue weighted by Crippen LogP contribution is 2.37. The topological polar surface area (TPSA) is 98.2 Å². The molecule has 0 fully saturated rings. The quantitative estimate of drug-likeness (QED) is 0.452. The van der Waals surface area contributed by atoms with E-state index in [0.717, 1.165) is 11.1 Å². The fourth-order valence-electron chi connectivity index (χ4n) is 2.44. The van der Waals surface area contributed by atoms with Crippen LogP contribution in [0.3, 0.4) is 0 Å². The van der Waals surface area contributed by atoms with Crippen molar-refractivity contribution in [2.45, 2.75) is 13.8 Å². The van der Waals surface area contributed by atoms with Crippen LogP contribution in [-0.2, 0) is 9.59 Å². The van der Waals surface area contributed by atoms with Crippen molar-refractivity contribution in [2.75, 3.05) is 26.6 Å². The number of hydrazone groups is 1. The van der Waals surface area contributed by atoms with E-state index in [1.54, 1.807) is 18.2 Å². The van der Waals surface area contributed by atoms with Crippen molar-refractivity contribution in [1.82, 2.24) is 5.43 Å². The smallest absolute Gasteiger partial charge is 0.329 e. The summed E-state index contributed by atoms with van der Waals surface area (Å²) in [6, 6.07) is 8.90. The standard InChI is InChI=1S/C20H23N3O5/c1-12-6-7-13(2)15(8-12)22-19(24)20(25)23-21-11-14-9-16(26-3)18(28-5)17(10-14)27-4/h6-11H,1-5H3,(H,22,24)(H,23,25)/b21-11+. The number of methoxy groups -OCH3 is 3. The van der Waals surface area contributed by atoms with E-state index in [2.05, 4.69) is 15.8 Å². The molecule has 0 unspecified atom stereocenters. The van der Waals surface area contributed by atoms with Gasteiger partial charge in [-0.25, -0.2) is 5.43 Å². The minimum absolute atomic E-state index is 0.444. The van der Waals surface area contributed by atoms with E-state index < -0.39 is 11.8 Å². The molecule has 0 spiro atoms. The van der Waals surface area contributed by atoms with E-state index >= 15 is 0 Å². The van der Waals surface area contributed by atoms with Crippen LogP contribution in [0, 0.1) is 13.8 Å². The lowest BCUT2D eigenvalue weighted by molar-refractivity contribution is -0.136. The Balaban J connectivity index is 2.06. The number of rotatable bonds is 6. The van der Waals surface area contributed by atoms with Crippen LogP contribution in [0.4, 0.5) is 5.69 Å². The zero-order valence-corrected chi connectivity index (χ0v) is 16.5. The highest BCUT2D eigenvalue weighted by atomic mass is 16.5. The third-order valence-electron chi connectivity index (χ3n) is 3.91. The first-order valence-corrected chi connectivity index (χ1v) is 8.41. The van der Waals surface area contributed by atoms with Crippen molar-refractivity contribution in [3.05, 3.63) is 47.0 Å². The Morgan fingerprint density at radius 3 is 2.14 bits per heavy atom. The van der Waals surface area contributed by atoms with E-state index in [4.69, 9.17) is 14.2 Å². The van der Waals surface area contributed by atoms with E-state index in [1.165, 1.54) is 27.5 Å². The van der Waals surface area contributed by atoms with Gasteiger partial charge in [0.25, 0.3) is 0 Å². The average Bonchev–Trinajstić information content (AvgIpc) is 2.69. The van der Waals surface area contributed by atoms with Gasteiger partial charge in [0.15, 0.2) is 11.5 Å². The van der Waals surface area contributed by atoms with Gasteiger partial charge in [-0.1, -0.05) is 12.1 Å². The maximum atomic E-state index is 12.0. The van der Waals surface area contributed by atoms with E-state index in [0.29, 0.717) is 28.5 Å². The SMILES string of the molecule is COc1cc(/C=N/NC(=O)C(=O)Nc2cc(C)ccc2C)cc(OC)c1OC. The van der Waals surface area contributed by atoms with E-state index in [9.17, 15) is 9.59 Å². The molecule has 28 heavy (non-hydrogen) atoms. The summed E-state index contributed by atoms with van der Waals surface area (Å²) in [5.41, 5.74) is 5.19. The molecular formula is C20H23N3O5. The van der Waals surface area contributed by atoms with Crippen LogP contribution in [0.15, 0.2) is 35.4 Å². The van der Waals surface area contributed by atoms with Gasteiger partial charge < -0.3 is 19.5 Å². The van der Waals surface area contributed by atoms with Crippen LogP contribution in [0.25, 0.3) is 0 Å². The largest absolute Gasteiger partial charge is 0.493 e. The molecule has 0 atom stereocenters. The number of aryl methyl sites for hydroxylation is 2. The lowest BCUT2D eigenvalue weighted by Crippen LogP contribution is -2.32.